The summed E-state index contributed by atoms with van der Waals surface area (Å²) in [6.07, 6.45) is -0.475. The third kappa shape index (κ3) is 6.28. The van der Waals surface area contributed by atoms with E-state index in [9.17, 15) is 13.2 Å². The maximum Gasteiger partial charge on any atom is 0.262 e. The van der Waals surface area contributed by atoms with Crippen molar-refractivity contribution >= 4 is 33.0 Å². The Hall–Kier alpha value is -5.08. The minimum atomic E-state index is -4.01. The van der Waals surface area contributed by atoms with E-state index in [4.69, 9.17) is 4.74 Å². The van der Waals surface area contributed by atoms with Gasteiger partial charge in [0.05, 0.1) is 22.8 Å². The first-order chi connectivity index (χ1) is 21.7. The quantitative estimate of drug-likeness (QED) is 0.182. The summed E-state index contributed by atoms with van der Waals surface area (Å²) in [6, 6.07) is 37.6. The van der Waals surface area contributed by atoms with Crippen LogP contribution in [0, 0.1) is 13.8 Å². The van der Waals surface area contributed by atoms with Crippen molar-refractivity contribution in [2.45, 2.75) is 38.4 Å². The van der Waals surface area contributed by atoms with E-state index in [1.807, 2.05) is 81.4 Å². The van der Waals surface area contributed by atoms with E-state index in [0.717, 1.165) is 27.9 Å². The second-order valence-electron chi connectivity index (χ2n) is 11.2. The Morgan fingerprint density at radius 2 is 1.51 bits per heavy atom. The zero-order chi connectivity index (χ0) is 31.6. The molecule has 7 nitrogen and oxygen atoms in total. The van der Waals surface area contributed by atoms with Gasteiger partial charge < -0.3 is 9.64 Å². The Kier molecular flexibility index (Phi) is 8.32. The number of nitrogens with one attached hydrogen (secondary N) is 1. The van der Waals surface area contributed by atoms with Gasteiger partial charge in [0, 0.05) is 17.9 Å². The number of hydrogen-bond donors (Lipinski definition) is 1. The van der Waals surface area contributed by atoms with Crippen LogP contribution >= 0.6 is 0 Å². The number of nitrogens with zero attached hydrogens (tertiary/aromatic N) is 2. The minimum Gasteiger partial charge on any atom is -0.494 e. The van der Waals surface area contributed by atoms with E-state index in [0.29, 0.717) is 35.8 Å². The monoisotopic (exact) mass is 617 g/mol. The van der Waals surface area contributed by atoms with Gasteiger partial charge in [0.2, 0.25) is 0 Å². The molecule has 0 aliphatic carbocycles. The average molecular weight is 618 g/mol. The highest BCUT2D eigenvalue weighted by Crippen LogP contribution is 2.43. The summed E-state index contributed by atoms with van der Waals surface area (Å²) in [4.78, 5) is 18.5. The Morgan fingerprint density at radius 3 is 2.20 bits per heavy atom. The molecule has 1 amide bonds. The molecule has 5 aromatic rings. The van der Waals surface area contributed by atoms with Gasteiger partial charge in [-0.05, 0) is 86.5 Å². The van der Waals surface area contributed by atoms with Crippen LogP contribution in [0.25, 0.3) is 0 Å². The molecule has 0 spiro atoms. The predicted molar refractivity (Wildman–Crippen MR) is 179 cm³/mol. The molecule has 5 aromatic carbocycles. The number of rotatable bonds is 9. The lowest BCUT2D eigenvalue weighted by atomic mass is 9.98. The largest absolute Gasteiger partial charge is 0.494 e. The SMILES string of the molecule is CCOc1ccc(NS(=O)(=O)c2ccc3c(c2)C(=O)N(c2ccc(C)cc2)[C@H](c2cccc(C)c2)N3Cc2ccccc2)cc1. The predicted octanol–water partition coefficient (Wildman–Crippen LogP) is 7.87. The highest BCUT2D eigenvalue weighted by molar-refractivity contribution is 7.92. The Labute approximate surface area is 264 Å². The van der Waals surface area contributed by atoms with Gasteiger partial charge in [0.25, 0.3) is 15.9 Å². The van der Waals surface area contributed by atoms with Crippen molar-refractivity contribution in [3.05, 3.63) is 149 Å². The first-order valence-corrected chi connectivity index (χ1v) is 16.4. The molecule has 0 unspecified atom stereocenters. The van der Waals surface area contributed by atoms with E-state index in [1.54, 1.807) is 41.3 Å². The van der Waals surface area contributed by atoms with Crippen molar-refractivity contribution < 1.29 is 17.9 Å². The number of anilines is 3. The number of carbonyl (C=O) groups excluding carboxylic acids is 1. The fourth-order valence-electron chi connectivity index (χ4n) is 5.69. The fraction of sp³-hybridized carbons (Fsp3) is 0.162. The van der Waals surface area contributed by atoms with E-state index < -0.39 is 16.2 Å². The molecule has 6 rings (SSSR count). The van der Waals surface area contributed by atoms with E-state index >= 15 is 0 Å². The molecule has 228 valence electrons. The molecule has 45 heavy (non-hydrogen) atoms. The minimum absolute atomic E-state index is 0.000933. The lowest BCUT2D eigenvalue weighted by Gasteiger charge is -2.46. The Balaban J connectivity index is 1.48. The van der Waals surface area contributed by atoms with Crippen LogP contribution < -0.4 is 19.3 Å². The third-order valence-electron chi connectivity index (χ3n) is 7.84. The zero-order valence-electron chi connectivity index (χ0n) is 25.5. The third-order valence-corrected chi connectivity index (χ3v) is 9.22. The Morgan fingerprint density at radius 1 is 0.778 bits per heavy atom. The van der Waals surface area contributed by atoms with Crippen molar-refractivity contribution in [2.75, 3.05) is 21.1 Å². The summed E-state index contributed by atoms with van der Waals surface area (Å²) < 4.78 is 35.3. The number of hydrogen-bond acceptors (Lipinski definition) is 5. The molecular weight excluding hydrogens is 582 g/mol. The standard InChI is InChI=1S/C37H35N3O4S/c1-4-44-32-19-15-30(16-20-32)38-45(42,43)33-21-22-35-34(24-33)37(41)40(31-17-13-26(2)14-18-31)36(29-12-8-9-27(3)23-29)39(35)25-28-10-6-5-7-11-28/h5-24,36,38H,4,25H2,1-3H3/t36-/m1/s1. The normalized spacial score (nSPS) is 14.6. The molecule has 0 bridgehead atoms. The fourth-order valence-corrected chi connectivity index (χ4v) is 6.78. The van der Waals surface area contributed by atoms with E-state index in [2.05, 4.69) is 27.8 Å². The van der Waals surface area contributed by atoms with Crippen molar-refractivity contribution in [1.29, 1.82) is 0 Å². The van der Waals surface area contributed by atoms with Crippen LogP contribution in [0.2, 0.25) is 0 Å². The van der Waals surface area contributed by atoms with Gasteiger partial charge in [-0.3, -0.25) is 14.4 Å². The molecule has 0 aromatic heterocycles. The van der Waals surface area contributed by atoms with Gasteiger partial charge in [-0.15, -0.1) is 0 Å². The number of benzene rings is 5. The average Bonchev–Trinajstić information content (AvgIpc) is 3.04. The highest BCUT2D eigenvalue weighted by atomic mass is 32.2. The smallest absolute Gasteiger partial charge is 0.262 e. The molecule has 1 aliphatic rings. The van der Waals surface area contributed by atoms with Gasteiger partial charge in [-0.1, -0.05) is 77.9 Å². The molecule has 1 heterocycles. The second kappa shape index (κ2) is 12.5. The van der Waals surface area contributed by atoms with Crippen LogP contribution in [-0.4, -0.2) is 20.9 Å². The van der Waals surface area contributed by atoms with Crippen molar-refractivity contribution in [3.8, 4) is 5.75 Å². The molecule has 1 N–H and O–H groups in total. The number of fused-ring (bicyclic) bond motifs is 1. The summed E-state index contributed by atoms with van der Waals surface area (Å²) in [7, 11) is -4.01. The zero-order valence-corrected chi connectivity index (χ0v) is 26.3. The van der Waals surface area contributed by atoms with Gasteiger partial charge in [-0.2, -0.15) is 0 Å². The number of amides is 1. The second-order valence-corrected chi connectivity index (χ2v) is 12.8. The van der Waals surface area contributed by atoms with Crippen LogP contribution in [0.4, 0.5) is 17.1 Å². The van der Waals surface area contributed by atoms with Crippen LogP contribution in [0.15, 0.2) is 126 Å². The summed E-state index contributed by atoms with van der Waals surface area (Å²) in [5.74, 6) is 0.375. The van der Waals surface area contributed by atoms with Crippen LogP contribution in [0.5, 0.6) is 5.75 Å². The van der Waals surface area contributed by atoms with Crippen molar-refractivity contribution in [3.63, 3.8) is 0 Å². The van der Waals surface area contributed by atoms with E-state index in [1.165, 1.54) is 6.07 Å². The van der Waals surface area contributed by atoms with Gasteiger partial charge in [0.1, 0.15) is 11.9 Å². The van der Waals surface area contributed by atoms with Crippen molar-refractivity contribution in [1.82, 2.24) is 0 Å². The molecule has 8 heteroatoms. The summed E-state index contributed by atoms with van der Waals surface area (Å²) >= 11 is 0. The Bertz CT molecular complexity index is 1930. The molecule has 0 fully saturated rings. The highest BCUT2D eigenvalue weighted by Gasteiger charge is 2.40. The number of carbonyl (C=O) groups is 1. The topological polar surface area (TPSA) is 78.9 Å². The van der Waals surface area contributed by atoms with Crippen LogP contribution in [-0.2, 0) is 16.6 Å². The van der Waals surface area contributed by atoms with Crippen LogP contribution in [0.3, 0.4) is 0 Å². The maximum atomic E-state index is 14.6. The summed E-state index contributed by atoms with van der Waals surface area (Å²) in [5.41, 5.74) is 6.27. The van der Waals surface area contributed by atoms with Crippen molar-refractivity contribution in [2.24, 2.45) is 0 Å². The molecule has 0 saturated heterocycles. The lowest BCUT2D eigenvalue weighted by molar-refractivity contribution is 0.0968. The maximum absolute atomic E-state index is 14.6. The molecule has 0 radical (unpaired) electrons. The molecule has 0 saturated carbocycles. The van der Waals surface area contributed by atoms with E-state index in [-0.39, 0.29) is 10.8 Å². The number of sulfonamides is 1. The van der Waals surface area contributed by atoms with Crippen LogP contribution in [0.1, 0.15) is 45.7 Å². The first kappa shape index (κ1) is 30.0. The first-order valence-electron chi connectivity index (χ1n) is 14.9. The molecule has 1 aliphatic heterocycles. The lowest BCUT2D eigenvalue weighted by Crippen LogP contribution is -2.49. The van der Waals surface area contributed by atoms with Gasteiger partial charge in [0.15, 0.2) is 0 Å². The number of ether oxygens (including phenoxy) is 1. The molecule has 1 atom stereocenters. The summed E-state index contributed by atoms with van der Waals surface area (Å²) in [5, 5.41) is 0. The van der Waals surface area contributed by atoms with Gasteiger partial charge >= 0.3 is 0 Å². The number of aryl methyl sites for hydroxylation is 2. The van der Waals surface area contributed by atoms with Gasteiger partial charge in [-0.25, -0.2) is 8.42 Å². The molecular formula is C37H35N3O4S. The summed E-state index contributed by atoms with van der Waals surface area (Å²) in [6.45, 7) is 6.94.